The summed E-state index contributed by atoms with van der Waals surface area (Å²) in [5.74, 6) is 0.893. The minimum atomic E-state index is -0.604. The molecule has 9 heteroatoms. The van der Waals surface area contributed by atoms with Gasteiger partial charge in [-0.25, -0.2) is 4.79 Å². The Balaban J connectivity index is 1.32. The Labute approximate surface area is 243 Å². The second-order valence-electron chi connectivity index (χ2n) is 10.3. The molecule has 1 saturated heterocycles. The number of hydrogen-bond acceptors (Lipinski definition) is 7. The van der Waals surface area contributed by atoms with E-state index in [2.05, 4.69) is 45.9 Å². The number of hydroxylamine groups is 2. The summed E-state index contributed by atoms with van der Waals surface area (Å²) in [7, 11) is 3.97. The first-order valence-electron chi connectivity index (χ1n) is 13.9. The number of nitrogens with zero attached hydrogens (tertiary/aromatic N) is 4. The molecule has 212 valence electrons. The number of pyridine rings is 1. The zero-order chi connectivity index (χ0) is 29.2. The standard InChI is InChI=1S/C33H31N4O5/c1-34(20-10-17-33(40)42-37-30(38)18-19-31(37)39)29-21-23(22-32-35(2)27-15-8-9-16-28(27)41-32)25-13-6-7-14-26(25)36(29)24-11-4-3-5-12-24/h3-9,11-16,21-22H,10,17-20H2,1-2H3/q+1. The average molecular weight is 564 g/mol. The molecule has 2 aliphatic heterocycles. The average Bonchev–Trinajstić information content (AvgIpc) is 3.50. The van der Waals surface area contributed by atoms with Crippen molar-refractivity contribution in [2.45, 2.75) is 25.7 Å². The first-order chi connectivity index (χ1) is 20.4. The van der Waals surface area contributed by atoms with Crippen LogP contribution in [0.2, 0.25) is 0 Å². The quantitative estimate of drug-likeness (QED) is 0.226. The summed E-state index contributed by atoms with van der Waals surface area (Å²) in [6.45, 7) is 0.528. The Morgan fingerprint density at radius 2 is 1.67 bits per heavy atom. The van der Waals surface area contributed by atoms with Gasteiger partial charge in [0, 0.05) is 37.4 Å². The lowest BCUT2D eigenvalue weighted by molar-refractivity contribution is -0.553. The third-order valence-electron chi connectivity index (χ3n) is 7.50. The van der Waals surface area contributed by atoms with Crippen LogP contribution in [0.4, 0.5) is 11.5 Å². The largest absolute Gasteiger partial charge is 0.439 e. The predicted octanol–water partition coefficient (Wildman–Crippen LogP) is 4.77. The SMILES string of the molecule is CN(CCCC(=O)ON1C(=O)CCC1=O)c1cc(/C=C2/Oc3ccccc3N2C)c2ccccc2[n+]1-c1ccccc1. The molecule has 0 saturated carbocycles. The Morgan fingerprint density at radius 1 is 0.976 bits per heavy atom. The van der Waals surface area contributed by atoms with Gasteiger partial charge in [0.1, 0.15) is 11.2 Å². The summed E-state index contributed by atoms with van der Waals surface area (Å²) < 4.78 is 8.41. The third-order valence-corrected chi connectivity index (χ3v) is 7.50. The van der Waals surface area contributed by atoms with Crippen LogP contribution in [0.1, 0.15) is 31.2 Å². The van der Waals surface area contributed by atoms with Crippen molar-refractivity contribution in [3.8, 4) is 11.4 Å². The minimum absolute atomic E-state index is 0.0636. The molecule has 0 aliphatic carbocycles. The monoisotopic (exact) mass is 563 g/mol. The topological polar surface area (TPSA) is 83.3 Å². The van der Waals surface area contributed by atoms with Crippen molar-refractivity contribution >= 4 is 46.3 Å². The molecule has 0 N–H and O–H groups in total. The Hall–Kier alpha value is -5.18. The van der Waals surface area contributed by atoms with E-state index in [-0.39, 0.29) is 19.3 Å². The van der Waals surface area contributed by atoms with Gasteiger partial charge in [-0.3, -0.25) is 14.5 Å². The second kappa shape index (κ2) is 11.4. The Kier molecular flexibility index (Phi) is 7.31. The third kappa shape index (κ3) is 5.16. The van der Waals surface area contributed by atoms with Crippen molar-refractivity contribution in [3.05, 3.63) is 96.4 Å². The van der Waals surface area contributed by atoms with Gasteiger partial charge in [0.15, 0.2) is 5.75 Å². The zero-order valence-corrected chi connectivity index (χ0v) is 23.5. The molecule has 0 bridgehead atoms. The van der Waals surface area contributed by atoms with Crippen molar-refractivity contribution < 1.29 is 28.5 Å². The first-order valence-corrected chi connectivity index (χ1v) is 13.9. The lowest BCUT2D eigenvalue weighted by Gasteiger charge is -2.19. The molecule has 0 spiro atoms. The highest BCUT2D eigenvalue weighted by molar-refractivity contribution is 6.01. The molecule has 2 aliphatic rings. The molecular weight excluding hydrogens is 532 g/mol. The number of rotatable bonds is 8. The van der Waals surface area contributed by atoms with Gasteiger partial charge in [0.05, 0.1) is 25.7 Å². The molecule has 6 rings (SSSR count). The van der Waals surface area contributed by atoms with Gasteiger partial charge >= 0.3 is 5.97 Å². The normalized spacial score (nSPS) is 15.3. The fourth-order valence-corrected chi connectivity index (χ4v) is 5.33. The number of aromatic nitrogens is 1. The lowest BCUT2D eigenvalue weighted by Crippen LogP contribution is -2.40. The number of para-hydroxylation sites is 4. The molecule has 1 aromatic heterocycles. The summed E-state index contributed by atoms with van der Waals surface area (Å²) in [6.07, 6.45) is 2.72. The van der Waals surface area contributed by atoms with Crippen LogP contribution in [0, 0.1) is 0 Å². The lowest BCUT2D eigenvalue weighted by atomic mass is 10.1. The van der Waals surface area contributed by atoms with E-state index in [4.69, 9.17) is 9.57 Å². The highest BCUT2D eigenvalue weighted by Crippen LogP contribution is 2.38. The Bertz CT molecular complexity index is 1700. The molecular formula is C33H31N4O5+. The summed E-state index contributed by atoms with van der Waals surface area (Å²) in [5, 5.41) is 1.65. The first kappa shape index (κ1) is 27.0. The molecule has 2 amide bonds. The minimum Gasteiger partial charge on any atom is -0.439 e. The van der Waals surface area contributed by atoms with Crippen molar-refractivity contribution in [2.24, 2.45) is 0 Å². The summed E-state index contributed by atoms with van der Waals surface area (Å²) in [6, 6.07) is 28.4. The van der Waals surface area contributed by atoms with Crippen molar-refractivity contribution in [3.63, 3.8) is 0 Å². The van der Waals surface area contributed by atoms with E-state index in [0.717, 1.165) is 45.3 Å². The van der Waals surface area contributed by atoms with Gasteiger partial charge in [-0.15, -0.1) is 5.06 Å². The van der Waals surface area contributed by atoms with Gasteiger partial charge in [-0.2, -0.15) is 4.57 Å². The maximum Gasteiger partial charge on any atom is 0.333 e. The van der Waals surface area contributed by atoms with E-state index in [1.807, 2.05) is 73.6 Å². The maximum absolute atomic E-state index is 12.4. The van der Waals surface area contributed by atoms with Crippen LogP contribution < -0.4 is 19.1 Å². The highest BCUT2D eigenvalue weighted by atomic mass is 16.7. The fraction of sp³-hybridized carbons (Fsp3) is 0.212. The van der Waals surface area contributed by atoms with Gasteiger partial charge in [0.25, 0.3) is 17.6 Å². The van der Waals surface area contributed by atoms with Gasteiger partial charge in [0.2, 0.25) is 5.88 Å². The number of imide groups is 1. The number of hydrogen-bond donors (Lipinski definition) is 0. The van der Waals surface area contributed by atoms with E-state index in [1.54, 1.807) is 0 Å². The zero-order valence-electron chi connectivity index (χ0n) is 23.5. The molecule has 9 nitrogen and oxygen atoms in total. The van der Waals surface area contributed by atoms with E-state index in [1.165, 1.54) is 0 Å². The smallest absolute Gasteiger partial charge is 0.333 e. The molecule has 4 aromatic rings. The van der Waals surface area contributed by atoms with Crippen LogP contribution in [0.15, 0.2) is 90.8 Å². The molecule has 0 radical (unpaired) electrons. The molecule has 0 unspecified atom stereocenters. The summed E-state index contributed by atoms with van der Waals surface area (Å²) in [5.41, 5.74) is 4.01. The van der Waals surface area contributed by atoms with Gasteiger partial charge < -0.3 is 14.5 Å². The highest BCUT2D eigenvalue weighted by Gasteiger charge is 2.33. The number of amides is 2. The molecule has 42 heavy (non-hydrogen) atoms. The Morgan fingerprint density at radius 3 is 2.43 bits per heavy atom. The molecule has 3 aromatic carbocycles. The summed E-state index contributed by atoms with van der Waals surface area (Å²) in [4.78, 5) is 45.2. The van der Waals surface area contributed by atoms with E-state index < -0.39 is 17.8 Å². The number of ether oxygens (including phenoxy) is 1. The molecule has 3 heterocycles. The number of fused-ring (bicyclic) bond motifs is 2. The van der Waals surface area contributed by atoms with E-state index >= 15 is 0 Å². The van der Waals surface area contributed by atoms with E-state index in [9.17, 15) is 14.4 Å². The van der Waals surface area contributed by atoms with E-state index in [0.29, 0.717) is 18.0 Å². The fourth-order valence-electron chi connectivity index (χ4n) is 5.33. The van der Waals surface area contributed by atoms with Crippen LogP contribution in [0.3, 0.4) is 0 Å². The van der Waals surface area contributed by atoms with Crippen molar-refractivity contribution in [1.82, 2.24) is 5.06 Å². The number of carbonyl (C=O) groups excluding carboxylic acids is 3. The number of anilines is 2. The predicted molar refractivity (Wildman–Crippen MR) is 159 cm³/mol. The summed E-state index contributed by atoms with van der Waals surface area (Å²) >= 11 is 0. The van der Waals surface area contributed by atoms with Crippen LogP contribution in [-0.2, 0) is 19.2 Å². The second-order valence-corrected chi connectivity index (χ2v) is 10.3. The van der Waals surface area contributed by atoms with Crippen molar-refractivity contribution in [1.29, 1.82) is 0 Å². The van der Waals surface area contributed by atoms with Crippen LogP contribution in [-0.4, -0.2) is 43.5 Å². The van der Waals surface area contributed by atoms with Crippen LogP contribution >= 0.6 is 0 Å². The number of carbonyl (C=O) groups is 3. The van der Waals surface area contributed by atoms with Crippen molar-refractivity contribution in [2.75, 3.05) is 30.4 Å². The molecule has 0 atom stereocenters. The van der Waals surface area contributed by atoms with Crippen LogP contribution in [0.5, 0.6) is 5.75 Å². The number of benzene rings is 3. The molecule has 1 fully saturated rings. The van der Waals surface area contributed by atoms with Crippen LogP contribution in [0.25, 0.3) is 22.7 Å². The maximum atomic E-state index is 12.4. The van der Waals surface area contributed by atoms with Gasteiger partial charge in [-0.05, 0) is 42.3 Å². The van der Waals surface area contributed by atoms with Gasteiger partial charge in [-0.1, -0.05) is 48.5 Å².